The van der Waals surface area contributed by atoms with Crippen LogP contribution in [0, 0.1) is 0 Å². The Morgan fingerprint density at radius 2 is 0.406 bits per heavy atom. The van der Waals surface area contributed by atoms with Gasteiger partial charge >= 0.3 is 0 Å². The van der Waals surface area contributed by atoms with Gasteiger partial charge in [-0.25, -0.2) is 39.9 Å². The zero-order chi connectivity index (χ0) is 66.0. The normalized spacial score (nSPS) is 12.4. The minimum absolute atomic E-state index is 0.546. The van der Waals surface area contributed by atoms with Gasteiger partial charge in [0.2, 0.25) is 23.1 Å². The topological polar surface area (TPSA) is 140 Å². The minimum Gasteiger partial charge on any atom is -0.276 e. The molecular formula is C84H52N16Si. The molecule has 0 atom stereocenters. The highest BCUT2D eigenvalue weighted by molar-refractivity contribution is 7.19. The van der Waals surface area contributed by atoms with Crippen LogP contribution in [0.5, 0.6) is 0 Å². The molecule has 0 aliphatic carbocycles. The Hall–Kier alpha value is -13.9. The zero-order valence-corrected chi connectivity index (χ0v) is 54.7. The molecule has 0 unspecified atom stereocenters. The van der Waals surface area contributed by atoms with Crippen molar-refractivity contribution in [1.29, 1.82) is 0 Å². The van der Waals surface area contributed by atoms with E-state index in [1.165, 1.54) is 20.7 Å². The highest BCUT2D eigenvalue weighted by Gasteiger charge is 2.42. The molecule has 0 amide bonds. The highest BCUT2D eigenvalue weighted by atomic mass is 28.3. The smallest absolute Gasteiger partial charge is 0.221 e. The largest absolute Gasteiger partial charge is 0.276 e. The van der Waals surface area contributed by atoms with E-state index in [-0.39, 0.29) is 0 Å². The van der Waals surface area contributed by atoms with Crippen LogP contribution in [0.15, 0.2) is 315 Å². The summed E-state index contributed by atoms with van der Waals surface area (Å²) >= 11 is 0. The Morgan fingerprint density at radius 3 is 0.673 bits per heavy atom. The molecule has 0 bridgehead atoms. The summed E-state index contributed by atoms with van der Waals surface area (Å²) in [5.74, 6) is 6.74. The fraction of sp³-hybridized carbons (Fsp3) is 0. The maximum absolute atomic E-state index is 5.60. The maximum Gasteiger partial charge on any atom is 0.221 e. The van der Waals surface area contributed by atoms with Gasteiger partial charge in [-0.05, 0) is 118 Å². The van der Waals surface area contributed by atoms with E-state index in [4.69, 9.17) is 39.9 Å². The van der Waals surface area contributed by atoms with Crippen molar-refractivity contribution in [1.82, 2.24) is 75.7 Å². The summed E-state index contributed by atoms with van der Waals surface area (Å²) < 4.78 is 17.6. The van der Waals surface area contributed by atoms with Gasteiger partial charge in [-0.2, -0.15) is 0 Å². The fourth-order valence-corrected chi connectivity index (χ4v) is 20.7. The molecular weight excluding hydrogens is 1260 g/mol. The van der Waals surface area contributed by atoms with E-state index < -0.39 is 8.07 Å². The molecule has 16 nitrogen and oxygen atoms in total. The Labute approximate surface area is 574 Å². The summed E-state index contributed by atoms with van der Waals surface area (Å²) in [4.78, 5) is 43.7. The van der Waals surface area contributed by atoms with Crippen LogP contribution in [0.3, 0.4) is 0 Å². The Kier molecular flexibility index (Phi) is 11.5. The average molecular weight is 1310 g/mol. The summed E-state index contributed by atoms with van der Waals surface area (Å²) in [7, 11) is -3.22. The van der Waals surface area contributed by atoms with Crippen LogP contribution in [0.25, 0.3) is 157 Å². The quantitative estimate of drug-likeness (QED) is 0.0974. The summed E-state index contributed by atoms with van der Waals surface area (Å²) in [5.41, 5.74) is 17.2. The molecule has 22 rings (SSSR count). The summed E-state index contributed by atoms with van der Waals surface area (Å²) in [6.07, 6.45) is 0. The first-order valence-electron chi connectivity index (χ1n) is 33.7. The highest BCUT2D eigenvalue weighted by Crippen LogP contribution is 2.37. The van der Waals surface area contributed by atoms with Crippen LogP contribution in [0.2, 0.25) is 0 Å². The zero-order valence-electron chi connectivity index (χ0n) is 53.7. The monoisotopic (exact) mass is 1310 g/mol. The lowest BCUT2D eigenvalue weighted by Gasteiger charge is -2.34. The fourth-order valence-electron chi connectivity index (χ4n) is 16.0. The molecule has 12 aromatic carbocycles. The van der Waals surface area contributed by atoms with Crippen molar-refractivity contribution >= 4 is 140 Å². The third-order valence-corrected chi connectivity index (χ3v) is 25.1. The van der Waals surface area contributed by atoms with E-state index in [1.807, 2.05) is 24.3 Å². The molecule has 0 aliphatic heterocycles. The summed E-state index contributed by atoms with van der Waals surface area (Å²) in [6.45, 7) is 0. The average Bonchev–Trinajstić information content (AvgIpc) is 1.68. The second kappa shape index (κ2) is 21.1. The number of fused-ring (bicyclic) bond motifs is 20. The van der Waals surface area contributed by atoms with E-state index in [1.54, 1.807) is 0 Å². The van der Waals surface area contributed by atoms with Gasteiger partial charge in [0.15, 0.2) is 19.7 Å². The van der Waals surface area contributed by atoms with Crippen molar-refractivity contribution < 1.29 is 0 Å². The van der Waals surface area contributed by atoms with E-state index >= 15 is 0 Å². The lowest BCUT2D eigenvalue weighted by Crippen LogP contribution is -2.74. The van der Waals surface area contributed by atoms with E-state index in [0.29, 0.717) is 34.9 Å². The molecule has 10 aromatic heterocycles. The predicted molar refractivity (Wildman–Crippen MR) is 404 cm³/mol. The summed E-state index contributed by atoms with van der Waals surface area (Å²) in [5, 5.41) is 4.81. The minimum atomic E-state index is -3.22. The van der Waals surface area contributed by atoms with Gasteiger partial charge in [-0.15, -0.1) is 0 Å². The van der Waals surface area contributed by atoms with Gasteiger partial charge < -0.3 is 0 Å². The van der Waals surface area contributed by atoms with Crippen molar-refractivity contribution in [2.75, 3.05) is 0 Å². The van der Waals surface area contributed by atoms with Crippen LogP contribution >= 0.6 is 0 Å². The molecule has 22 aromatic rings. The number of rotatable bonds is 10. The second-order valence-electron chi connectivity index (χ2n) is 25.7. The van der Waals surface area contributed by atoms with E-state index in [9.17, 15) is 0 Å². The molecule has 0 spiro atoms. The van der Waals surface area contributed by atoms with Gasteiger partial charge in [0.25, 0.3) is 0 Å². The second-order valence-corrected chi connectivity index (χ2v) is 29.5. The Morgan fingerprint density at radius 1 is 0.188 bits per heavy atom. The molecule has 0 saturated heterocycles. The van der Waals surface area contributed by atoms with Crippen molar-refractivity contribution in [3.63, 3.8) is 0 Å². The van der Waals surface area contributed by atoms with E-state index in [0.717, 1.165) is 123 Å². The molecule has 0 aliphatic rings. The SMILES string of the molecule is c1ccc([Si](c2ccccc2)(c2ccc(-c3nc(-n4c5ccccc5n5c6ccccc6nc45)cc(-n4c5ccccc5n5c6ccccc6nc45)n3)cc2)c2ccc(-c3nc(-n4c5ccccc5n5c6ccccc6nc45)cc(-n4c5ccccc5n5c6ccccc6nc45)n3)cc2)cc1. The van der Waals surface area contributed by atoms with Crippen molar-refractivity contribution in [3.8, 4) is 46.0 Å². The third-order valence-electron chi connectivity index (χ3n) is 20.3. The number of aromatic nitrogens is 16. The van der Waals surface area contributed by atoms with Gasteiger partial charge in [0.1, 0.15) is 23.3 Å². The van der Waals surface area contributed by atoms with Gasteiger partial charge in [0, 0.05) is 23.3 Å². The van der Waals surface area contributed by atoms with Crippen LogP contribution < -0.4 is 20.7 Å². The van der Waals surface area contributed by atoms with Gasteiger partial charge in [-0.3, -0.25) is 35.9 Å². The number of imidazole rings is 8. The Balaban J connectivity index is 0.743. The van der Waals surface area contributed by atoms with Crippen molar-refractivity contribution in [3.05, 3.63) is 315 Å². The summed E-state index contributed by atoms with van der Waals surface area (Å²) in [6, 6.07) is 111. The molecule has 0 fully saturated rings. The number of hydrogen-bond donors (Lipinski definition) is 0. The van der Waals surface area contributed by atoms with Crippen LogP contribution in [-0.4, -0.2) is 83.8 Å². The standard InChI is InChI=1S/C84H52N16Si/c1-3-23-55(24-4-1)101(56-25-5-2-6-26-56,57-47-43-53(44-48-57)79-89-75(97-71-39-19-15-35-67(71)93-63-31-11-7-27-59(63)85-81(93)97)51-76(90-79)98-72-40-20-16-36-68(72)94-64-32-12-8-28-60(64)86-82(94)98)58-49-45-54(46-50-58)80-91-77(99-73-41-21-17-37-69(73)95-65-33-13-9-29-61(65)87-83(95)99)52-78(92-80)100-74-42-22-18-38-70(74)96-66-34-14-10-30-62(66)88-84(96)100/h1-52H. The van der Waals surface area contributed by atoms with Crippen molar-refractivity contribution in [2.24, 2.45) is 0 Å². The van der Waals surface area contributed by atoms with Crippen LogP contribution in [0.1, 0.15) is 0 Å². The third kappa shape index (κ3) is 7.87. The molecule has 101 heavy (non-hydrogen) atoms. The maximum atomic E-state index is 5.60. The number of nitrogens with zero attached hydrogens (tertiary/aromatic N) is 16. The first-order valence-corrected chi connectivity index (χ1v) is 35.7. The van der Waals surface area contributed by atoms with Crippen LogP contribution in [0.4, 0.5) is 0 Å². The molecule has 472 valence electrons. The molecule has 17 heteroatoms. The number of hydrogen-bond acceptors (Lipinski definition) is 8. The van der Waals surface area contributed by atoms with E-state index in [2.05, 4.69) is 327 Å². The predicted octanol–water partition coefficient (Wildman–Crippen LogP) is 15.0. The molecule has 10 heterocycles. The molecule has 0 saturated carbocycles. The number of benzene rings is 12. The van der Waals surface area contributed by atoms with Crippen LogP contribution in [-0.2, 0) is 0 Å². The lowest BCUT2D eigenvalue weighted by atomic mass is 10.2. The molecule has 0 radical (unpaired) electrons. The lowest BCUT2D eigenvalue weighted by molar-refractivity contribution is 0.969. The molecule has 0 N–H and O–H groups in total. The van der Waals surface area contributed by atoms with Crippen molar-refractivity contribution in [2.45, 2.75) is 0 Å². The van der Waals surface area contributed by atoms with Gasteiger partial charge in [0.05, 0.1) is 88.3 Å². The Bertz CT molecular complexity index is 6390. The van der Waals surface area contributed by atoms with Gasteiger partial charge in [-0.1, -0.05) is 206 Å². The first-order chi connectivity index (χ1) is 50.1. The number of para-hydroxylation sites is 16. The first kappa shape index (κ1) is 55.3.